The third kappa shape index (κ3) is 3.01. The molecule has 2 aliphatic heterocycles. The molecule has 148 valence electrons. The Bertz CT molecular complexity index is 1030. The minimum absolute atomic E-state index is 0.224. The minimum Gasteiger partial charge on any atom is -0.463 e. The number of fused-ring (bicyclic) bond motifs is 2. The van der Waals surface area contributed by atoms with Crippen LogP contribution in [-0.4, -0.2) is 31.0 Å². The van der Waals surface area contributed by atoms with Crippen molar-refractivity contribution in [3.05, 3.63) is 65.7 Å². The minimum atomic E-state index is -3.94. The van der Waals surface area contributed by atoms with Crippen LogP contribution in [0.5, 0.6) is 5.75 Å². The van der Waals surface area contributed by atoms with Crippen LogP contribution >= 0.6 is 0 Å². The molecule has 28 heavy (non-hydrogen) atoms. The van der Waals surface area contributed by atoms with Crippen LogP contribution in [0.1, 0.15) is 37.8 Å². The second kappa shape index (κ2) is 6.64. The van der Waals surface area contributed by atoms with Gasteiger partial charge in [-0.3, -0.25) is 4.55 Å². The summed E-state index contributed by atoms with van der Waals surface area (Å²) in [4.78, 5) is 2.23. The van der Waals surface area contributed by atoms with Crippen LogP contribution in [0.15, 0.2) is 54.6 Å². The Labute approximate surface area is 166 Å². The van der Waals surface area contributed by atoms with Gasteiger partial charge in [-0.15, -0.1) is 0 Å². The van der Waals surface area contributed by atoms with E-state index in [9.17, 15) is 8.42 Å². The first kappa shape index (κ1) is 19.0. The molecule has 0 fully saturated rings. The third-order valence-electron chi connectivity index (χ3n) is 5.87. The summed E-state index contributed by atoms with van der Waals surface area (Å²) >= 11 is 0. The van der Waals surface area contributed by atoms with Gasteiger partial charge in [-0.2, -0.15) is 8.42 Å². The summed E-state index contributed by atoms with van der Waals surface area (Å²) in [5, 5.41) is 0. The number of para-hydroxylation sites is 2. The zero-order valence-corrected chi connectivity index (χ0v) is 16.9. The van der Waals surface area contributed by atoms with Gasteiger partial charge in [-0.05, 0) is 56.5 Å². The Morgan fingerprint density at radius 2 is 1.75 bits per heavy atom. The lowest BCUT2D eigenvalue weighted by atomic mass is 9.76. The van der Waals surface area contributed by atoms with E-state index in [0.717, 1.165) is 17.0 Å². The van der Waals surface area contributed by atoms with Gasteiger partial charge >= 0.3 is 0 Å². The molecule has 0 bridgehead atoms. The summed E-state index contributed by atoms with van der Waals surface area (Å²) in [7, 11) is -3.94. The van der Waals surface area contributed by atoms with Gasteiger partial charge in [0.15, 0.2) is 0 Å². The summed E-state index contributed by atoms with van der Waals surface area (Å²) < 4.78 is 37.8. The highest BCUT2D eigenvalue weighted by molar-refractivity contribution is 7.85. The van der Waals surface area contributed by atoms with Gasteiger partial charge < -0.3 is 9.64 Å². The van der Waals surface area contributed by atoms with E-state index in [1.54, 1.807) is 0 Å². The molecule has 2 heterocycles. The zero-order valence-electron chi connectivity index (χ0n) is 16.1. The van der Waals surface area contributed by atoms with Gasteiger partial charge in [0.25, 0.3) is 10.1 Å². The van der Waals surface area contributed by atoms with Crippen molar-refractivity contribution in [3.63, 3.8) is 0 Å². The molecule has 1 atom stereocenters. The number of anilines is 1. The van der Waals surface area contributed by atoms with Crippen LogP contribution in [-0.2, 0) is 15.5 Å². The Morgan fingerprint density at radius 3 is 2.54 bits per heavy atom. The summed E-state index contributed by atoms with van der Waals surface area (Å²) in [5.41, 5.74) is 2.35. The highest BCUT2D eigenvalue weighted by Gasteiger charge is 2.58. The first-order valence-electron chi connectivity index (χ1n) is 9.54. The number of unbranched alkanes of at least 4 members (excludes halogenated alkanes) is 1. The quantitative estimate of drug-likeness (QED) is 0.601. The molecule has 0 aliphatic carbocycles. The van der Waals surface area contributed by atoms with Gasteiger partial charge in [0.2, 0.25) is 5.72 Å². The van der Waals surface area contributed by atoms with Crippen LogP contribution in [0.25, 0.3) is 6.08 Å². The molecule has 0 radical (unpaired) electrons. The largest absolute Gasteiger partial charge is 0.463 e. The number of hydrogen-bond acceptors (Lipinski definition) is 4. The second-order valence-corrected chi connectivity index (χ2v) is 9.53. The molecule has 0 saturated carbocycles. The first-order chi connectivity index (χ1) is 13.2. The average molecular weight is 400 g/mol. The molecule has 0 saturated heterocycles. The van der Waals surface area contributed by atoms with Crippen molar-refractivity contribution in [1.82, 2.24) is 0 Å². The highest BCUT2D eigenvalue weighted by atomic mass is 32.2. The fourth-order valence-electron chi connectivity index (χ4n) is 4.38. The SMILES string of the molecule is CC1(C)c2ccccc2N(CCCCS(=O)(=O)O)C12C=Cc1ccccc1O2. The molecular weight excluding hydrogens is 374 g/mol. The Kier molecular flexibility index (Phi) is 4.51. The van der Waals surface area contributed by atoms with Gasteiger partial charge in [-0.25, -0.2) is 0 Å². The lowest BCUT2D eigenvalue weighted by molar-refractivity contribution is 0.0532. The van der Waals surface area contributed by atoms with E-state index in [2.05, 4.69) is 43.0 Å². The topological polar surface area (TPSA) is 66.8 Å². The smallest absolute Gasteiger partial charge is 0.264 e. The standard InChI is InChI=1S/C22H25NO4S/c1-21(2)18-10-4-5-11-19(18)23(15-7-8-16-28(24,25)26)22(21)14-13-17-9-3-6-12-20(17)27-22/h3-6,9-14H,7-8,15-16H2,1-2H3,(H,24,25,26). The summed E-state index contributed by atoms with van der Waals surface area (Å²) in [6, 6.07) is 16.2. The molecule has 1 unspecified atom stereocenters. The Balaban J connectivity index is 1.71. The Hall–Kier alpha value is -2.31. The van der Waals surface area contributed by atoms with E-state index in [0.29, 0.717) is 19.4 Å². The second-order valence-electron chi connectivity index (χ2n) is 7.96. The number of benzene rings is 2. The fraction of sp³-hybridized carbons (Fsp3) is 0.364. The maximum Gasteiger partial charge on any atom is 0.264 e. The fourth-order valence-corrected chi connectivity index (χ4v) is 4.95. The molecule has 2 aromatic rings. The predicted molar refractivity (Wildman–Crippen MR) is 111 cm³/mol. The van der Waals surface area contributed by atoms with Crippen molar-refractivity contribution in [3.8, 4) is 5.75 Å². The van der Waals surface area contributed by atoms with Crippen LogP contribution in [0.2, 0.25) is 0 Å². The zero-order chi connectivity index (χ0) is 20.0. The normalized spacial score (nSPS) is 22.0. The summed E-state index contributed by atoms with van der Waals surface area (Å²) in [5.74, 6) is 0.618. The van der Waals surface area contributed by atoms with Crippen molar-refractivity contribution in [1.29, 1.82) is 0 Å². The van der Waals surface area contributed by atoms with Crippen molar-refractivity contribution >= 4 is 21.9 Å². The number of ether oxygens (including phenoxy) is 1. The Morgan fingerprint density at radius 1 is 1.04 bits per heavy atom. The lowest BCUT2D eigenvalue weighted by Crippen LogP contribution is -2.59. The van der Waals surface area contributed by atoms with Crippen LogP contribution < -0.4 is 9.64 Å². The summed E-state index contributed by atoms with van der Waals surface area (Å²) in [6.45, 7) is 4.99. The van der Waals surface area contributed by atoms with Crippen LogP contribution in [0, 0.1) is 0 Å². The maximum absolute atomic E-state index is 11.1. The molecule has 0 aromatic heterocycles. The van der Waals surface area contributed by atoms with Crippen molar-refractivity contribution in [2.75, 3.05) is 17.2 Å². The van der Waals surface area contributed by atoms with E-state index in [4.69, 9.17) is 9.29 Å². The number of nitrogens with zero attached hydrogens (tertiary/aromatic N) is 1. The van der Waals surface area contributed by atoms with E-state index in [1.165, 1.54) is 5.56 Å². The first-order valence-corrected chi connectivity index (χ1v) is 11.2. The number of hydrogen-bond donors (Lipinski definition) is 1. The molecule has 4 rings (SSSR count). The maximum atomic E-state index is 11.1. The van der Waals surface area contributed by atoms with E-state index >= 15 is 0 Å². The van der Waals surface area contributed by atoms with E-state index in [1.807, 2.05) is 36.4 Å². The molecule has 1 spiro atoms. The predicted octanol–water partition coefficient (Wildman–Crippen LogP) is 4.25. The van der Waals surface area contributed by atoms with Crippen LogP contribution in [0.3, 0.4) is 0 Å². The molecular formula is C22H25NO4S. The van der Waals surface area contributed by atoms with Gasteiger partial charge in [-0.1, -0.05) is 36.4 Å². The molecule has 1 N–H and O–H groups in total. The summed E-state index contributed by atoms with van der Waals surface area (Å²) in [6.07, 6.45) is 5.26. The molecule has 2 aromatic carbocycles. The average Bonchev–Trinajstić information content (AvgIpc) is 2.83. The van der Waals surface area contributed by atoms with Crippen molar-refractivity contribution < 1.29 is 17.7 Å². The van der Waals surface area contributed by atoms with Crippen molar-refractivity contribution in [2.24, 2.45) is 0 Å². The lowest BCUT2D eigenvalue weighted by Gasteiger charge is -2.47. The van der Waals surface area contributed by atoms with Gasteiger partial charge in [0, 0.05) is 17.8 Å². The van der Waals surface area contributed by atoms with Crippen LogP contribution in [0.4, 0.5) is 5.69 Å². The van der Waals surface area contributed by atoms with E-state index in [-0.39, 0.29) is 11.2 Å². The number of rotatable bonds is 5. The van der Waals surface area contributed by atoms with E-state index < -0.39 is 15.8 Å². The third-order valence-corrected chi connectivity index (χ3v) is 6.68. The van der Waals surface area contributed by atoms with Crippen molar-refractivity contribution in [2.45, 2.75) is 37.8 Å². The van der Waals surface area contributed by atoms with Gasteiger partial charge in [0.1, 0.15) is 5.75 Å². The highest BCUT2D eigenvalue weighted by Crippen LogP contribution is 2.54. The van der Waals surface area contributed by atoms with Gasteiger partial charge in [0.05, 0.1) is 11.2 Å². The molecule has 2 aliphatic rings. The molecule has 0 amide bonds. The monoisotopic (exact) mass is 399 g/mol. The molecule has 6 heteroatoms. The molecule has 5 nitrogen and oxygen atoms in total.